The summed E-state index contributed by atoms with van der Waals surface area (Å²) < 4.78 is 20.1. The molecule has 0 radical (unpaired) electrons. The Bertz CT molecular complexity index is 770. The van der Waals surface area contributed by atoms with Crippen molar-refractivity contribution >= 4 is 12.1 Å². The maximum absolute atomic E-state index is 14.7. The van der Waals surface area contributed by atoms with E-state index in [4.69, 9.17) is 4.74 Å². The van der Waals surface area contributed by atoms with Gasteiger partial charge >= 0.3 is 12.1 Å². The van der Waals surface area contributed by atoms with Crippen LogP contribution >= 0.6 is 0 Å². The zero-order chi connectivity index (χ0) is 20.6. The van der Waals surface area contributed by atoms with E-state index in [-0.39, 0.29) is 11.6 Å². The number of ether oxygens (including phenoxy) is 1. The molecule has 6 nitrogen and oxygen atoms in total. The lowest BCUT2D eigenvalue weighted by atomic mass is 9.98. The van der Waals surface area contributed by atoms with Gasteiger partial charge in [0.15, 0.2) is 0 Å². The van der Waals surface area contributed by atoms with Crippen LogP contribution in [-0.2, 0) is 11.3 Å². The lowest BCUT2D eigenvalue weighted by Crippen LogP contribution is -2.53. The molecule has 1 heterocycles. The van der Waals surface area contributed by atoms with Crippen molar-refractivity contribution in [2.75, 3.05) is 19.6 Å². The first kappa shape index (κ1) is 20.6. The number of rotatable bonds is 4. The number of benzene rings is 1. The Labute approximate surface area is 165 Å². The summed E-state index contributed by atoms with van der Waals surface area (Å²) in [7, 11) is 0. The number of esters is 1. The van der Waals surface area contributed by atoms with Gasteiger partial charge in [-0.1, -0.05) is 0 Å². The second kappa shape index (κ2) is 7.70. The zero-order valence-electron chi connectivity index (χ0n) is 17.0. The quantitative estimate of drug-likeness (QED) is 0.789. The van der Waals surface area contributed by atoms with Crippen LogP contribution in [0.4, 0.5) is 9.18 Å². The van der Waals surface area contributed by atoms with Crippen LogP contribution in [-0.4, -0.2) is 58.2 Å². The van der Waals surface area contributed by atoms with Gasteiger partial charge in [0.1, 0.15) is 11.4 Å². The molecule has 1 saturated heterocycles. The van der Waals surface area contributed by atoms with Gasteiger partial charge < -0.3 is 14.7 Å². The summed E-state index contributed by atoms with van der Waals surface area (Å²) in [5.74, 6) is -0.845. The first-order valence-corrected chi connectivity index (χ1v) is 9.82. The Morgan fingerprint density at radius 2 is 1.93 bits per heavy atom. The summed E-state index contributed by atoms with van der Waals surface area (Å²) in [4.78, 5) is 27.2. The standard InChI is InChI=1S/C21H29FN2O4/c1-13-11-23(7-8-24(13)20(26)27)12-15-9-18(22)17(10-16(15)14-5-6-14)19(25)28-21(2,3)4/h9-10,13-14H,5-8,11-12H2,1-4H3,(H,26,27)/t13-/m0/s1. The Morgan fingerprint density at radius 1 is 1.25 bits per heavy atom. The van der Waals surface area contributed by atoms with E-state index in [0.717, 1.165) is 24.0 Å². The summed E-state index contributed by atoms with van der Waals surface area (Å²) >= 11 is 0. The number of carbonyl (C=O) groups is 2. The molecule has 7 heteroatoms. The van der Waals surface area contributed by atoms with Crippen molar-refractivity contribution in [2.24, 2.45) is 0 Å². The van der Waals surface area contributed by atoms with Crippen LogP contribution in [0.2, 0.25) is 0 Å². The molecule has 1 aromatic rings. The van der Waals surface area contributed by atoms with Gasteiger partial charge in [0.25, 0.3) is 0 Å². The highest BCUT2D eigenvalue weighted by molar-refractivity contribution is 5.90. The molecule has 2 fully saturated rings. The van der Waals surface area contributed by atoms with Crippen LogP contribution in [0.15, 0.2) is 12.1 Å². The first-order chi connectivity index (χ1) is 13.0. The minimum Gasteiger partial charge on any atom is -0.465 e. The van der Waals surface area contributed by atoms with E-state index in [0.29, 0.717) is 32.1 Å². The summed E-state index contributed by atoms with van der Waals surface area (Å²) in [6.07, 6.45) is 1.17. The predicted molar refractivity (Wildman–Crippen MR) is 103 cm³/mol. The van der Waals surface area contributed by atoms with Crippen LogP contribution in [0.5, 0.6) is 0 Å². The molecule has 3 rings (SSSR count). The van der Waals surface area contributed by atoms with E-state index in [1.54, 1.807) is 26.8 Å². The monoisotopic (exact) mass is 392 g/mol. The molecule has 2 aliphatic rings. The highest BCUT2D eigenvalue weighted by Gasteiger charge is 2.32. The Hall–Kier alpha value is -2.15. The molecular weight excluding hydrogens is 363 g/mol. The van der Waals surface area contributed by atoms with Gasteiger partial charge in [-0.3, -0.25) is 4.90 Å². The molecule has 1 aliphatic carbocycles. The molecule has 1 aromatic carbocycles. The fraction of sp³-hybridized carbons (Fsp3) is 0.619. The number of halogens is 1. The highest BCUT2D eigenvalue weighted by Crippen LogP contribution is 2.43. The van der Waals surface area contributed by atoms with E-state index in [1.807, 2.05) is 6.92 Å². The number of carbonyl (C=O) groups excluding carboxylic acids is 1. The maximum Gasteiger partial charge on any atom is 0.407 e. The third-order valence-electron chi connectivity index (χ3n) is 5.22. The van der Waals surface area contributed by atoms with E-state index in [1.165, 1.54) is 11.0 Å². The molecule has 28 heavy (non-hydrogen) atoms. The smallest absolute Gasteiger partial charge is 0.407 e. The van der Waals surface area contributed by atoms with Crippen LogP contribution in [0.25, 0.3) is 0 Å². The normalized spacial score (nSPS) is 20.9. The number of carboxylic acid groups (broad SMARTS) is 1. The van der Waals surface area contributed by atoms with E-state index < -0.39 is 23.5 Å². The van der Waals surface area contributed by atoms with Crippen molar-refractivity contribution in [1.82, 2.24) is 9.80 Å². The van der Waals surface area contributed by atoms with Crippen LogP contribution in [0, 0.1) is 5.82 Å². The van der Waals surface area contributed by atoms with Crippen molar-refractivity contribution in [3.05, 3.63) is 34.6 Å². The van der Waals surface area contributed by atoms with E-state index >= 15 is 0 Å². The SMILES string of the molecule is C[C@H]1CN(Cc2cc(F)c(C(=O)OC(C)(C)C)cc2C2CC2)CCN1C(=O)O. The molecular formula is C21H29FN2O4. The third kappa shape index (κ3) is 4.82. The highest BCUT2D eigenvalue weighted by atomic mass is 19.1. The van der Waals surface area contributed by atoms with Crippen molar-refractivity contribution in [2.45, 2.75) is 64.6 Å². The van der Waals surface area contributed by atoms with Gasteiger partial charge in [0, 0.05) is 32.2 Å². The van der Waals surface area contributed by atoms with E-state index in [2.05, 4.69) is 4.90 Å². The number of hydrogen-bond donors (Lipinski definition) is 1. The van der Waals surface area contributed by atoms with Gasteiger partial charge in [-0.15, -0.1) is 0 Å². The van der Waals surface area contributed by atoms with Crippen LogP contribution in [0.1, 0.15) is 67.9 Å². The van der Waals surface area contributed by atoms with Gasteiger partial charge in [-0.25, -0.2) is 14.0 Å². The molecule has 154 valence electrons. The fourth-order valence-corrected chi connectivity index (χ4v) is 3.73. The lowest BCUT2D eigenvalue weighted by molar-refractivity contribution is 0.00645. The topological polar surface area (TPSA) is 70.1 Å². The second-order valence-corrected chi connectivity index (χ2v) is 8.87. The van der Waals surface area contributed by atoms with Crippen molar-refractivity contribution in [1.29, 1.82) is 0 Å². The lowest BCUT2D eigenvalue weighted by Gasteiger charge is -2.38. The van der Waals surface area contributed by atoms with Gasteiger partial charge in [-0.05, 0) is 69.7 Å². The Morgan fingerprint density at radius 3 is 2.46 bits per heavy atom. The number of amides is 1. The third-order valence-corrected chi connectivity index (χ3v) is 5.22. The molecule has 1 atom stereocenters. The minimum atomic E-state index is -0.904. The molecule has 0 spiro atoms. The number of piperazine rings is 1. The van der Waals surface area contributed by atoms with Crippen molar-refractivity contribution < 1.29 is 23.8 Å². The Kier molecular flexibility index (Phi) is 5.66. The maximum atomic E-state index is 14.7. The average molecular weight is 392 g/mol. The van der Waals surface area contributed by atoms with Crippen molar-refractivity contribution in [3.8, 4) is 0 Å². The second-order valence-electron chi connectivity index (χ2n) is 8.87. The number of hydrogen-bond acceptors (Lipinski definition) is 4. The summed E-state index contributed by atoms with van der Waals surface area (Å²) in [6.45, 7) is 9.36. The molecule has 0 unspecified atom stereocenters. The van der Waals surface area contributed by atoms with Gasteiger partial charge in [0.2, 0.25) is 0 Å². The fourth-order valence-electron chi connectivity index (χ4n) is 3.73. The molecule has 1 saturated carbocycles. The van der Waals surface area contributed by atoms with E-state index in [9.17, 15) is 19.1 Å². The zero-order valence-corrected chi connectivity index (χ0v) is 17.0. The van der Waals surface area contributed by atoms with Crippen LogP contribution in [0.3, 0.4) is 0 Å². The molecule has 1 amide bonds. The predicted octanol–water partition coefficient (Wildman–Crippen LogP) is 3.84. The Balaban J connectivity index is 1.79. The molecule has 1 N–H and O–H groups in total. The van der Waals surface area contributed by atoms with Crippen molar-refractivity contribution in [3.63, 3.8) is 0 Å². The molecule has 0 bridgehead atoms. The summed E-state index contributed by atoms with van der Waals surface area (Å²) in [6, 6.07) is 3.01. The van der Waals surface area contributed by atoms with Crippen LogP contribution < -0.4 is 0 Å². The van der Waals surface area contributed by atoms with Gasteiger partial charge in [0.05, 0.1) is 5.56 Å². The molecule has 1 aliphatic heterocycles. The van der Waals surface area contributed by atoms with Gasteiger partial charge in [-0.2, -0.15) is 0 Å². The summed E-state index contributed by atoms with van der Waals surface area (Å²) in [5.41, 5.74) is 1.20. The summed E-state index contributed by atoms with van der Waals surface area (Å²) in [5, 5.41) is 9.22. The largest absolute Gasteiger partial charge is 0.465 e. The average Bonchev–Trinajstić information content (AvgIpc) is 3.37. The minimum absolute atomic E-state index is 0.00959. The number of nitrogens with zero attached hydrogens (tertiary/aromatic N) is 2. The molecule has 0 aromatic heterocycles. The first-order valence-electron chi connectivity index (χ1n) is 9.82.